The van der Waals surface area contributed by atoms with Crippen LogP contribution in [0.25, 0.3) is 0 Å². The fourth-order valence-electron chi connectivity index (χ4n) is 2.23. The van der Waals surface area contributed by atoms with Gasteiger partial charge in [0.15, 0.2) is 0 Å². The normalized spacial score (nSPS) is 16.7. The monoisotopic (exact) mass is 349 g/mol. The molecule has 0 radical (unpaired) electrons. The topological polar surface area (TPSA) is 70.7 Å². The predicted octanol–water partition coefficient (Wildman–Crippen LogP) is 0.514. The molecular formula is C14H21F2N3O3S. The summed E-state index contributed by atoms with van der Waals surface area (Å²) in [6.07, 6.45) is -2.56. The van der Waals surface area contributed by atoms with Gasteiger partial charge in [-0.1, -0.05) is 0 Å². The van der Waals surface area contributed by atoms with Gasteiger partial charge in [0.25, 0.3) is 6.43 Å². The van der Waals surface area contributed by atoms with Gasteiger partial charge < -0.3 is 10.1 Å². The van der Waals surface area contributed by atoms with Gasteiger partial charge >= 0.3 is 0 Å². The minimum atomic E-state index is -3.61. The third kappa shape index (κ3) is 6.02. The Morgan fingerprint density at radius 3 is 2.48 bits per heavy atom. The second-order valence-corrected chi connectivity index (χ2v) is 6.93. The summed E-state index contributed by atoms with van der Waals surface area (Å²) in [6, 6.07) is 5.42. The molecule has 0 spiro atoms. The van der Waals surface area contributed by atoms with E-state index in [1.54, 1.807) is 0 Å². The Morgan fingerprint density at radius 1 is 1.22 bits per heavy atom. The number of benzene rings is 1. The molecule has 0 aromatic heterocycles. The summed E-state index contributed by atoms with van der Waals surface area (Å²) >= 11 is 0. The first-order chi connectivity index (χ1) is 11.0. The van der Waals surface area contributed by atoms with Gasteiger partial charge in [-0.3, -0.25) is 4.90 Å². The van der Waals surface area contributed by atoms with Crippen LogP contribution in [-0.4, -0.2) is 65.6 Å². The van der Waals surface area contributed by atoms with E-state index in [-0.39, 0.29) is 10.6 Å². The number of hydrogen-bond donors (Lipinski definition) is 2. The Hall–Kier alpha value is -1.29. The molecule has 130 valence electrons. The lowest BCUT2D eigenvalue weighted by Gasteiger charge is -2.27. The fourth-order valence-corrected chi connectivity index (χ4v) is 3.25. The average molecular weight is 349 g/mol. The Balaban J connectivity index is 1.83. The van der Waals surface area contributed by atoms with Crippen molar-refractivity contribution in [3.8, 4) is 5.75 Å². The molecule has 0 aliphatic carbocycles. The van der Waals surface area contributed by atoms with Crippen molar-refractivity contribution in [3.63, 3.8) is 0 Å². The molecule has 1 fully saturated rings. The molecule has 1 saturated heterocycles. The van der Waals surface area contributed by atoms with E-state index in [9.17, 15) is 17.2 Å². The minimum absolute atomic E-state index is 0.0854. The van der Waals surface area contributed by atoms with Gasteiger partial charge in [-0.25, -0.2) is 21.9 Å². The van der Waals surface area contributed by atoms with Crippen LogP contribution in [0.15, 0.2) is 29.2 Å². The molecule has 1 aliphatic rings. The zero-order chi connectivity index (χ0) is 16.7. The summed E-state index contributed by atoms with van der Waals surface area (Å²) < 4.78 is 55.7. The zero-order valence-corrected chi connectivity index (χ0v) is 13.5. The van der Waals surface area contributed by atoms with Crippen molar-refractivity contribution in [2.75, 3.05) is 45.9 Å². The summed E-state index contributed by atoms with van der Waals surface area (Å²) in [5.74, 6) is 0.213. The summed E-state index contributed by atoms with van der Waals surface area (Å²) in [7, 11) is -3.61. The highest BCUT2D eigenvalue weighted by molar-refractivity contribution is 7.89. The van der Waals surface area contributed by atoms with Gasteiger partial charge in [0.2, 0.25) is 10.0 Å². The SMILES string of the molecule is O=S(=O)(NCCN1CCNCC1)c1ccc(OCC(F)F)cc1. The fraction of sp³-hybridized carbons (Fsp3) is 0.571. The van der Waals surface area contributed by atoms with Crippen molar-refractivity contribution in [1.29, 1.82) is 0 Å². The van der Waals surface area contributed by atoms with Crippen LogP contribution in [0.4, 0.5) is 8.78 Å². The Labute approximate surface area is 134 Å². The van der Waals surface area contributed by atoms with Crippen LogP contribution < -0.4 is 14.8 Å². The van der Waals surface area contributed by atoms with Crippen LogP contribution in [-0.2, 0) is 10.0 Å². The molecule has 6 nitrogen and oxygen atoms in total. The first-order valence-corrected chi connectivity index (χ1v) is 8.89. The van der Waals surface area contributed by atoms with Crippen molar-refractivity contribution >= 4 is 10.0 Å². The van der Waals surface area contributed by atoms with E-state index in [0.29, 0.717) is 13.1 Å². The molecule has 0 atom stereocenters. The van der Waals surface area contributed by atoms with Crippen molar-refractivity contribution in [2.45, 2.75) is 11.3 Å². The number of piperazine rings is 1. The van der Waals surface area contributed by atoms with Gasteiger partial charge in [0, 0.05) is 39.3 Å². The second kappa shape index (κ2) is 8.53. The molecule has 0 amide bonds. The number of rotatable bonds is 8. The lowest BCUT2D eigenvalue weighted by molar-refractivity contribution is 0.0819. The summed E-state index contributed by atoms with van der Waals surface area (Å²) in [5.41, 5.74) is 0. The maximum absolute atomic E-state index is 12.1. The van der Waals surface area contributed by atoms with Crippen LogP contribution in [0, 0.1) is 0 Å². The quantitative estimate of drug-likeness (QED) is 0.716. The molecule has 1 heterocycles. The zero-order valence-electron chi connectivity index (χ0n) is 12.7. The standard InChI is InChI=1S/C14H21F2N3O3S/c15-14(16)11-22-12-1-3-13(4-2-12)23(20,21)18-7-10-19-8-5-17-6-9-19/h1-4,14,17-18H,5-11H2. The lowest BCUT2D eigenvalue weighted by atomic mass is 10.3. The summed E-state index contributed by atoms with van der Waals surface area (Å²) in [4.78, 5) is 2.27. The van der Waals surface area contributed by atoms with Gasteiger partial charge in [-0.15, -0.1) is 0 Å². The van der Waals surface area contributed by atoms with E-state index in [4.69, 9.17) is 4.74 Å². The largest absolute Gasteiger partial charge is 0.488 e. The number of nitrogens with zero attached hydrogens (tertiary/aromatic N) is 1. The van der Waals surface area contributed by atoms with E-state index < -0.39 is 23.1 Å². The van der Waals surface area contributed by atoms with E-state index in [0.717, 1.165) is 26.2 Å². The first kappa shape index (κ1) is 18.1. The lowest BCUT2D eigenvalue weighted by Crippen LogP contribution is -2.46. The van der Waals surface area contributed by atoms with Crippen LogP contribution in [0.1, 0.15) is 0 Å². The van der Waals surface area contributed by atoms with Crippen molar-refractivity contribution in [1.82, 2.24) is 14.9 Å². The number of nitrogens with one attached hydrogen (secondary N) is 2. The highest BCUT2D eigenvalue weighted by Gasteiger charge is 2.15. The van der Waals surface area contributed by atoms with Gasteiger partial charge in [-0.05, 0) is 24.3 Å². The van der Waals surface area contributed by atoms with E-state index in [1.807, 2.05) is 0 Å². The molecule has 0 unspecified atom stereocenters. The molecule has 0 bridgehead atoms. The maximum atomic E-state index is 12.1. The Kier molecular flexibility index (Phi) is 6.70. The Bertz CT molecular complexity index is 575. The number of alkyl halides is 2. The first-order valence-electron chi connectivity index (χ1n) is 7.41. The van der Waals surface area contributed by atoms with Gasteiger partial charge in [0.1, 0.15) is 12.4 Å². The smallest absolute Gasteiger partial charge is 0.272 e. The number of sulfonamides is 1. The number of hydrogen-bond acceptors (Lipinski definition) is 5. The highest BCUT2D eigenvalue weighted by Crippen LogP contribution is 2.16. The van der Waals surface area contributed by atoms with E-state index in [2.05, 4.69) is 14.9 Å². The van der Waals surface area contributed by atoms with Crippen LogP contribution in [0.3, 0.4) is 0 Å². The number of ether oxygens (including phenoxy) is 1. The highest BCUT2D eigenvalue weighted by atomic mass is 32.2. The number of halogens is 2. The van der Waals surface area contributed by atoms with Crippen molar-refractivity contribution < 1.29 is 21.9 Å². The average Bonchev–Trinajstić information content (AvgIpc) is 2.54. The van der Waals surface area contributed by atoms with Crippen molar-refractivity contribution in [2.24, 2.45) is 0 Å². The second-order valence-electron chi connectivity index (χ2n) is 5.16. The third-order valence-corrected chi connectivity index (χ3v) is 4.92. The van der Waals surface area contributed by atoms with E-state index >= 15 is 0 Å². The summed E-state index contributed by atoms with van der Waals surface area (Å²) in [6.45, 7) is 3.88. The van der Waals surface area contributed by atoms with Gasteiger partial charge in [-0.2, -0.15) is 0 Å². The molecule has 23 heavy (non-hydrogen) atoms. The van der Waals surface area contributed by atoms with E-state index in [1.165, 1.54) is 24.3 Å². The van der Waals surface area contributed by atoms with Crippen LogP contribution in [0.2, 0.25) is 0 Å². The molecule has 1 aliphatic heterocycles. The maximum Gasteiger partial charge on any atom is 0.272 e. The minimum Gasteiger partial charge on any atom is -0.488 e. The van der Waals surface area contributed by atoms with Crippen molar-refractivity contribution in [3.05, 3.63) is 24.3 Å². The molecule has 1 aromatic rings. The van der Waals surface area contributed by atoms with Crippen LogP contribution >= 0.6 is 0 Å². The molecule has 1 aromatic carbocycles. The molecule has 2 N–H and O–H groups in total. The summed E-state index contributed by atoms with van der Waals surface area (Å²) in [5, 5.41) is 3.23. The molecule has 2 rings (SSSR count). The third-order valence-electron chi connectivity index (χ3n) is 3.44. The Morgan fingerprint density at radius 2 is 1.87 bits per heavy atom. The molecular weight excluding hydrogens is 328 g/mol. The van der Waals surface area contributed by atoms with Gasteiger partial charge in [0.05, 0.1) is 4.90 Å². The molecule has 9 heteroatoms. The molecule has 0 saturated carbocycles. The predicted molar refractivity (Wildman–Crippen MR) is 82.4 cm³/mol. The van der Waals surface area contributed by atoms with Crippen LogP contribution in [0.5, 0.6) is 5.75 Å².